The van der Waals surface area contributed by atoms with Gasteiger partial charge >= 0.3 is 0 Å². The first-order valence-electron chi connectivity index (χ1n) is 7.12. The number of halogens is 2. The number of carbonyl (C=O) groups excluding carboxylic acids is 1. The molecule has 2 N–H and O–H groups in total. The highest BCUT2D eigenvalue weighted by Crippen LogP contribution is 2.20. The number of amides is 1. The fourth-order valence-electron chi connectivity index (χ4n) is 1.99. The van der Waals surface area contributed by atoms with Gasteiger partial charge in [-0.05, 0) is 42.8 Å². The molecule has 0 aliphatic heterocycles. The van der Waals surface area contributed by atoms with Crippen LogP contribution in [-0.2, 0) is 11.3 Å². The van der Waals surface area contributed by atoms with Gasteiger partial charge in [0.25, 0.3) is 0 Å². The van der Waals surface area contributed by atoms with Crippen molar-refractivity contribution in [2.75, 3.05) is 12.4 Å². The molecule has 2 aromatic carbocycles. The number of hydrogen-bond acceptors (Lipinski definition) is 3. The van der Waals surface area contributed by atoms with Crippen LogP contribution in [0.15, 0.2) is 42.5 Å². The molecule has 2 rings (SSSR count). The maximum Gasteiger partial charge on any atom is 0.242 e. The van der Waals surface area contributed by atoms with Crippen molar-refractivity contribution in [1.82, 2.24) is 5.32 Å². The predicted molar refractivity (Wildman–Crippen MR) is 89.3 cm³/mol. The van der Waals surface area contributed by atoms with Gasteiger partial charge in [-0.2, -0.15) is 0 Å². The van der Waals surface area contributed by atoms with Crippen LogP contribution in [0, 0.1) is 5.82 Å². The van der Waals surface area contributed by atoms with Crippen LogP contribution in [0.5, 0.6) is 5.75 Å². The molecule has 0 heterocycles. The minimum absolute atomic E-state index is 0.0147. The average Bonchev–Trinajstić information content (AvgIpc) is 2.56. The Hall–Kier alpha value is -2.27. The lowest BCUT2D eigenvalue weighted by atomic mass is 10.2. The Bertz CT molecular complexity index is 677. The molecule has 0 aromatic heterocycles. The zero-order chi connectivity index (χ0) is 16.8. The van der Waals surface area contributed by atoms with Crippen LogP contribution in [0.1, 0.15) is 12.5 Å². The number of anilines is 1. The summed E-state index contributed by atoms with van der Waals surface area (Å²) in [5.74, 6) is 0.110. The number of methoxy groups -OCH3 is 1. The van der Waals surface area contributed by atoms with Gasteiger partial charge in [0, 0.05) is 12.2 Å². The van der Waals surface area contributed by atoms with E-state index in [1.165, 1.54) is 18.2 Å². The third kappa shape index (κ3) is 4.86. The van der Waals surface area contributed by atoms with Crippen LogP contribution in [0.2, 0.25) is 5.02 Å². The highest BCUT2D eigenvalue weighted by Gasteiger charge is 2.13. The summed E-state index contributed by atoms with van der Waals surface area (Å²) in [6, 6.07) is 11.2. The van der Waals surface area contributed by atoms with Crippen molar-refractivity contribution in [1.29, 1.82) is 0 Å². The Labute approximate surface area is 139 Å². The predicted octanol–water partition coefficient (Wildman–Crippen LogP) is 3.60. The van der Waals surface area contributed by atoms with Crippen molar-refractivity contribution in [2.24, 2.45) is 0 Å². The maximum absolute atomic E-state index is 13.1. The summed E-state index contributed by atoms with van der Waals surface area (Å²) in [5, 5.41) is 5.83. The molecule has 0 saturated carbocycles. The summed E-state index contributed by atoms with van der Waals surface area (Å²) in [6.45, 7) is 2.14. The van der Waals surface area contributed by atoms with Gasteiger partial charge in [-0.1, -0.05) is 23.7 Å². The van der Waals surface area contributed by atoms with E-state index in [1.54, 1.807) is 14.0 Å². The molecule has 4 nitrogen and oxygen atoms in total. The number of hydrogen-bond donors (Lipinski definition) is 2. The summed E-state index contributed by atoms with van der Waals surface area (Å²) in [6.07, 6.45) is 0. The van der Waals surface area contributed by atoms with Gasteiger partial charge in [-0.15, -0.1) is 0 Å². The first kappa shape index (κ1) is 17.1. The first-order chi connectivity index (χ1) is 11.0. The van der Waals surface area contributed by atoms with Crippen LogP contribution in [0.3, 0.4) is 0 Å². The summed E-state index contributed by atoms with van der Waals surface area (Å²) in [4.78, 5) is 12.1. The zero-order valence-electron chi connectivity index (χ0n) is 12.9. The highest BCUT2D eigenvalue weighted by molar-refractivity contribution is 6.31. The molecule has 0 unspecified atom stereocenters. The normalized spacial score (nSPS) is 11.7. The van der Waals surface area contributed by atoms with Gasteiger partial charge in [0.05, 0.1) is 12.1 Å². The Morgan fingerprint density at radius 2 is 1.96 bits per heavy atom. The summed E-state index contributed by atoms with van der Waals surface area (Å²) in [7, 11) is 1.60. The summed E-state index contributed by atoms with van der Waals surface area (Å²) in [5.41, 5.74) is 1.56. The number of benzene rings is 2. The van der Waals surface area contributed by atoms with E-state index >= 15 is 0 Å². The number of rotatable bonds is 6. The van der Waals surface area contributed by atoms with E-state index in [9.17, 15) is 9.18 Å². The van der Waals surface area contributed by atoms with Crippen molar-refractivity contribution in [3.8, 4) is 5.75 Å². The minimum atomic E-state index is -0.492. The largest absolute Gasteiger partial charge is 0.497 e. The van der Waals surface area contributed by atoms with Crippen molar-refractivity contribution < 1.29 is 13.9 Å². The quantitative estimate of drug-likeness (QED) is 0.847. The van der Waals surface area contributed by atoms with E-state index in [2.05, 4.69) is 10.6 Å². The van der Waals surface area contributed by atoms with Gasteiger partial charge in [0.15, 0.2) is 0 Å². The summed E-state index contributed by atoms with van der Waals surface area (Å²) < 4.78 is 18.2. The lowest BCUT2D eigenvalue weighted by Crippen LogP contribution is -2.37. The lowest BCUT2D eigenvalue weighted by molar-refractivity contribution is -0.121. The Morgan fingerprint density at radius 3 is 2.57 bits per heavy atom. The van der Waals surface area contributed by atoms with Gasteiger partial charge in [0.2, 0.25) is 5.91 Å². The van der Waals surface area contributed by atoms with Crippen molar-refractivity contribution >= 4 is 23.2 Å². The first-order valence-corrected chi connectivity index (χ1v) is 7.49. The van der Waals surface area contributed by atoms with Crippen molar-refractivity contribution in [3.05, 3.63) is 58.9 Å². The number of nitrogens with one attached hydrogen (secondary N) is 2. The fourth-order valence-corrected chi connectivity index (χ4v) is 2.17. The molecule has 6 heteroatoms. The molecular formula is C17H18ClFN2O2. The van der Waals surface area contributed by atoms with Crippen LogP contribution in [-0.4, -0.2) is 19.1 Å². The van der Waals surface area contributed by atoms with Crippen LogP contribution in [0.4, 0.5) is 10.1 Å². The van der Waals surface area contributed by atoms with E-state index < -0.39 is 11.9 Å². The molecule has 122 valence electrons. The third-order valence-electron chi connectivity index (χ3n) is 3.32. The molecule has 0 aliphatic carbocycles. The lowest BCUT2D eigenvalue weighted by Gasteiger charge is -2.15. The molecule has 0 bridgehead atoms. The molecular weight excluding hydrogens is 319 g/mol. The van der Waals surface area contributed by atoms with E-state index in [0.717, 1.165) is 11.3 Å². The molecule has 23 heavy (non-hydrogen) atoms. The SMILES string of the molecule is COc1ccc(CNC(=O)[C@@H](C)Nc2ccc(F)c(Cl)c2)cc1. The summed E-state index contributed by atoms with van der Waals surface area (Å²) >= 11 is 5.72. The topological polar surface area (TPSA) is 50.4 Å². The van der Waals surface area contributed by atoms with Gasteiger partial charge in [-0.25, -0.2) is 4.39 Å². The van der Waals surface area contributed by atoms with E-state index in [4.69, 9.17) is 16.3 Å². The number of ether oxygens (including phenoxy) is 1. The molecule has 1 atom stereocenters. The number of carbonyl (C=O) groups is 1. The van der Waals surface area contributed by atoms with Gasteiger partial charge in [0.1, 0.15) is 17.6 Å². The Kier molecular flexibility index (Phi) is 5.82. The molecule has 0 aliphatic rings. The zero-order valence-corrected chi connectivity index (χ0v) is 13.7. The standard InChI is InChI=1S/C17H18ClFN2O2/c1-11(21-13-5-8-16(19)15(18)9-13)17(22)20-10-12-3-6-14(23-2)7-4-12/h3-9,11,21H,10H2,1-2H3,(H,20,22)/t11-/m1/s1. The van der Waals surface area contributed by atoms with Crippen LogP contribution in [0.25, 0.3) is 0 Å². The molecule has 0 radical (unpaired) electrons. The second-order valence-corrected chi connectivity index (χ2v) is 5.47. The van der Waals surface area contributed by atoms with Crippen molar-refractivity contribution in [2.45, 2.75) is 19.5 Å². The van der Waals surface area contributed by atoms with E-state index in [-0.39, 0.29) is 10.9 Å². The van der Waals surface area contributed by atoms with Gasteiger partial charge < -0.3 is 15.4 Å². The van der Waals surface area contributed by atoms with Crippen LogP contribution < -0.4 is 15.4 Å². The van der Waals surface area contributed by atoms with Crippen molar-refractivity contribution in [3.63, 3.8) is 0 Å². The minimum Gasteiger partial charge on any atom is -0.497 e. The Balaban J connectivity index is 1.87. The second kappa shape index (κ2) is 7.83. The Morgan fingerprint density at radius 1 is 1.26 bits per heavy atom. The average molecular weight is 337 g/mol. The molecule has 0 fully saturated rings. The third-order valence-corrected chi connectivity index (χ3v) is 3.61. The molecule has 2 aromatic rings. The highest BCUT2D eigenvalue weighted by atomic mass is 35.5. The maximum atomic E-state index is 13.1. The monoisotopic (exact) mass is 336 g/mol. The van der Waals surface area contributed by atoms with Gasteiger partial charge in [-0.3, -0.25) is 4.79 Å². The molecule has 0 spiro atoms. The van der Waals surface area contributed by atoms with E-state index in [0.29, 0.717) is 12.2 Å². The van der Waals surface area contributed by atoms with E-state index in [1.807, 2.05) is 24.3 Å². The second-order valence-electron chi connectivity index (χ2n) is 5.06. The van der Waals surface area contributed by atoms with Crippen LogP contribution >= 0.6 is 11.6 Å². The fraction of sp³-hybridized carbons (Fsp3) is 0.235. The smallest absolute Gasteiger partial charge is 0.242 e. The molecule has 0 saturated heterocycles. The molecule has 1 amide bonds.